The summed E-state index contributed by atoms with van der Waals surface area (Å²) in [5, 5.41) is 0. The van der Waals surface area contributed by atoms with E-state index in [2.05, 4.69) is 14.2 Å². The number of hydrogen-bond acceptors (Lipinski definition) is 9. The Morgan fingerprint density at radius 1 is 0.902 bits per heavy atom. The van der Waals surface area contributed by atoms with Gasteiger partial charge >= 0.3 is 6.09 Å². The lowest BCUT2D eigenvalue weighted by Crippen LogP contribution is -2.50. The van der Waals surface area contributed by atoms with Gasteiger partial charge < -0.3 is 24.0 Å². The maximum atomic E-state index is 13.5. The molecule has 3 aliphatic heterocycles. The third-order valence-electron chi connectivity index (χ3n) is 7.16. The molecule has 0 N–H and O–H groups in total. The molecule has 0 aliphatic carbocycles. The van der Waals surface area contributed by atoms with Crippen LogP contribution in [0, 0.1) is 0 Å². The van der Waals surface area contributed by atoms with Gasteiger partial charge in [0.05, 0.1) is 0 Å². The summed E-state index contributed by atoms with van der Waals surface area (Å²) in [5.74, 6) is 1.46. The van der Waals surface area contributed by atoms with Gasteiger partial charge in [0.1, 0.15) is 24.5 Å². The topological polar surface area (TPSA) is 84.4 Å². The summed E-state index contributed by atoms with van der Waals surface area (Å²) in [6, 6.07) is 15.6. The minimum absolute atomic E-state index is 0.0972. The van der Waals surface area contributed by atoms with Crippen molar-refractivity contribution in [2.24, 2.45) is 0 Å². The summed E-state index contributed by atoms with van der Waals surface area (Å²) in [4.78, 5) is 35.4. The van der Waals surface area contributed by atoms with E-state index in [0.717, 1.165) is 46.3 Å². The zero-order valence-corrected chi connectivity index (χ0v) is 24.4. The van der Waals surface area contributed by atoms with E-state index in [1.807, 2.05) is 75.5 Å². The van der Waals surface area contributed by atoms with E-state index >= 15 is 0 Å². The molecule has 0 atom stereocenters. The van der Waals surface area contributed by atoms with Gasteiger partial charge in [-0.05, 0) is 80.2 Å². The predicted octanol–water partition coefficient (Wildman–Crippen LogP) is 5.16. The average Bonchev–Trinajstić information content (AvgIpc) is 3.37. The zero-order valence-electron chi connectivity index (χ0n) is 23.6. The largest absolute Gasteiger partial charge is 0.486 e. The highest BCUT2D eigenvalue weighted by Gasteiger charge is 2.27. The summed E-state index contributed by atoms with van der Waals surface area (Å²) >= 11 is 1.66. The summed E-state index contributed by atoms with van der Waals surface area (Å²) in [7, 11) is 0. The van der Waals surface area contributed by atoms with Crippen LogP contribution in [0.2, 0.25) is 0 Å². The normalized spacial score (nSPS) is 16.9. The molecule has 1 saturated heterocycles. The SMILES string of the molecule is CC(C)(C)OC(=O)N1CCN(c2cccc(C(=O)c3cc4c(cn3)CN(Sc3ccc5c(c3)OCCO5)C4)c2)CC1. The van der Waals surface area contributed by atoms with Crippen molar-refractivity contribution in [1.29, 1.82) is 0 Å². The van der Waals surface area contributed by atoms with Gasteiger partial charge in [-0.25, -0.2) is 9.10 Å². The number of ether oxygens (including phenoxy) is 3. The number of ketones is 1. The molecule has 0 unspecified atom stereocenters. The van der Waals surface area contributed by atoms with Crippen molar-refractivity contribution in [3.05, 3.63) is 77.1 Å². The van der Waals surface area contributed by atoms with Crippen LogP contribution < -0.4 is 14.4 Å². The van der Waals surface area contributed by atoms with E-state index in [4.69, 9.17) is 14.2 Å². The molecule has 3 aromatic rings. The van der Waals surface area contributed by atoms with Crippen molar-refractivity contribution in [3.63, 3.8) is 0 Å². The number of fused-ring (bicyclic) bond motifs is 2. The minimum atomic E-state index is -0.516. The zero-order chi connectivity index (χ0) is 28.6. The van der Waals surface area contributed by atoms with Crippen molar-refractivity contribution >= 4 is 29.5 Å². The van der Waals surface area contributed by atoms with Gasteiger partial charge in [0.15, 0.2) is 11.5 Å². The number of hydrogen-bond donors (Lipinski definition) is 0. The molecule has 6 rings (SSSR count). The fourth-order valence-electron chi connectivity index (χ4n) is 5.13. The standard InChI is InChI=1S/C31H34N4O5S/c1-31(2,3)40-30(37)34-11-9-33(10-12-34)24-6-4-5-21(15-24)29(36)26-16-22-19-35(20-23(22)18-32-26)41-25-7-8-27-28(17-25)39-14-13-38-27/h4-8,15-18H,9-14,19-20H2,1-3H3. The minimum Gasteiger partial charge on any atom is -0.486 e. The number of aromatic nitrogens is 1. The van der Waals surface area contributed by atoms with Crippen molar-refractivity contribution < 1.29 is 23.8 Å². The number of amides is 1. The van der Waals surface area contributed by atoms with Crippen LogP contribution in [0.15, 0.2) is 59.6 Å². The molecule has 41 heavy (non-hydrogen) atoms. The Kier molecular flexibility index (Phi) is 7.52. The molecule has 3 aliphatic rings. The lowest BCUT2D eigenvalue weighted by atomic mass is 10.0. The van der Waals surface area contributed by atoms with Crippen molar-refractivity contribution in [3.8, 4) is 11.5 Å². The Labute approximate surface area is 244 Å². The maximum Gasteiger partial charge on any atom is 0.410 e. The number of benzene rings is 2. The number of nitrogens with zero attached hydrogens (tertiary/aromatic N) is 4. The second-order valence-electron chi connectivity index (χ2n) is 11.4. The first-order chi connectivity index (χ1) is 19.7. The smallest absolute Gasteiger partial charge is 0.410 e. The number of pyridine rings is 1. The Morgan fingerprint density at radius 3 is 2.44 bits per heavy atom. The van der Waals surface area contributed by atoms with Crippen molar-refractivity contribution in [1.82, 2.24) is 14.2 Å². The molecule has 4 heterocycles. The maximum absolute atomic E-state index is 13.5. The van der Waals surface area contributed by atoms with Crippen LogP contribution in [-0.2, 0) is 17.8 Å². The van der Waals surface area contributed by atoms with Gasteiger partial charge in [0.2, 0.25) is 5.78 Å². The third kappa shape index (κ3) is 6.28. The van der Waals surface area contributed by atoms with Crippen LogP contribution in [0.1, 0.15) is 48.0 Å². The Hall–Kier alpha value is -3.76. The third-order valence-corrected chi connectivity index (χ3v) is 8.14. The molecule has 0 spiro atoms. The molecule has 1 fully saturated rings. The molecular formula is C31H34N4O5S. The highest BCUT2D eigenvalue weighted by atomic mass is 32.2. The van der Waals surface area contributed by atoms with Crippen molar-refractivity contribution in [2.45, 2.75) is 44.4 Å². The van der Waals surface area contributed by atoms with E-state index in [1.165, 1.54) is 0 Å². The number of piperazine rings is 1. The fraction of sp³-hybridized carbons (Fsp3) is 0.387. The van der Waals surface area contributed by atoms with Gasteiger partial charge in [-0.2, -0.15) is 0 Å². The quantitative estimate of drug-likeness (QED) is 0.303. The van der Waals surface area contributed by atoms with E-state index in [9.17, 15) is 9.59 Å². The number of carbonyl (C=O) groups is 2. The highest BCUT2D eigenvalue weighted by molar-refractivity contribution is 7.97. The Balaban J connectivity index is 1.09. The molecule has 0 bridgehead atoms. The van der Waals surface area contributed by atoms with Crippen LogP contribution in [0.5, 0.6) is 11.5 Å². The molecule has 0 saturated carbocycles. The second-order valence-corrected chi connectivity index (χ2v) is 12.5. The molecule has 1 amide bonds. The van der Waals surface area contributed by atoms with Crippen LogP contribution >= 0.6 is 11.9 Å². The average molecular weight is 575 g/mol. The first-order valence-corrected chi connectivity index (χ1v) is 14.7. The predicted molar refractivity (Wildman–Crippen MR) is 157 cm³/mol. The molecule has 10 heteroatoms. The molecule has 1 aromatic heterocycles. The first-order valence-electron chi connectivity index (χ1n) is 13.9. The summed E-state index contributed by atoms with van der Waals surface area (Å²) < 4.78 is 19.1. The number of carbonyl (C=O) groups excluding carboxylic acids is 2. The van der Waals surface area contributed by atoms with Crippen molar-refractivity contribution in [2.75, 3.05) is 44.3 Å². The first kappa shape index (κ1) is 27.4. The molecule has 9 nitrogen and oxygen atoms in total. The molecule has 214 valence electrons. The van der Waals surface area contributed by atoms with E-state index in [0.29, 0.717) is 50.7 Å². The van der Waals surface area contributed by atoms with Crippen LogP contribution in [-0.4, -0.2) is 71.1 Å². The van der Waals surface area contributed by atoms with Gasteiger partial charge in [-0.15, -0.1) is 0 Å². The van der Waals surface area contributed by atoms with Gasteiger partial charge in [-0.1, -0.05) is 12.1 Å². The van der Waals surface area contributed by atoms with Gasteiger partial charge in [0.25, 0.3) is 0 Å². The summed E-state index contributed by atoms with van der Waals surface area (Å²) in [5.41, 5.74) is 3.74. The van der Waals surface area contributed by atoms with Gasteiger partial charge in [-0.3, -0.25) is 9.78 Å². The lowest BCUT2D eigenvalue weighted by Gasteiger charge is -2.36. The van der Waals surface area contributed by atoms with E-state index < -0.39 is 5.60 Å². The van der Waals surface area contributed by atoms with Crippen LogP contribution in [0.4, 0.5) is 10.5 Å². The Morgan fingerprint density at radius 2 is 1.66 bits per heavy atom. The molecule has 2 aromatic carbocycles. The van der Waals surface area contributed by atoms with Gasteiger partial charge in [0, 0.05) is 61.6 Å². The van der Waals surface area contributed by atoms with E-state index in [-0.39, 0.29) is 11.9 Å². The Bertz CT molecular complexity index is 1470. The molecule has 0 radical (unpaired) electrons. The highest BCUT2D eigenvalue weighted by Crippen LogP contribution is 2.38. The second kappa shape index (κ2) is 11.3. The lowest BCUT2D eigenvalue weighted by molar-refractivity contribution is 0.0240. The number of anilines is 1. The number of rotatable bonds is 5. The van der Waals surface area contributed by atoms with Crippen LogP contribution in [0.25, 0.3) is 0 Å². The van der Waals surface area contributed by atoms with Crippen LogP contribution in [0.3, 0.4) is 0 Å². The summed E-state index contributed by atoms with van der Waals surface area (Å²) in [6.07, 6.45) is 1.54. The summed E-state index contributed by atoms with van der Waals surface area (Å²) in [6.45, 7) is 10.7. The van der Waals surface area contributed by atoms with E-state index in [1.54, 1.807) is 16.8 Å². The monoisotopic (exact) mass is 574 g/mol. The fourth-order valence-corrected chi connectivity index (χ4v) is 6.13. The molecular weight excluding hydrogens is 540 g/mol.